The van der Waals surface area contributed by atoms with Gasteiger partial charge in [0.15, 0.2) is 0 Å². The van der Waals surface area contributed by atoms with E-state index < -0.39 is 0 Å². The second-order valence-electron chi connectivity index (χ2n) is 5.76. The summed E-state index contributed by atoms with van der Waals surface area (Å²) in [7, 11) is 1.83. The van der Waals surface area contributed by atoms with Gasteiger partial charge in [-0.05, 0) is 31.0 Å². The third-order valence-corrected chi connectivity index (χ3v) is 3.87. The van der Waals surface area contributed by atoms with E-state index in [-0.39, 0.29) is 12.1 Å². The Hall–Kier alpha value is -2.37. The van der Waals surface area contributed by atoms with Crippen LogP contribution in [0.2, 0.25) is 0 Å². The summed E-state index contributed by atoms with van der Waals surface area (Å²) in [5, 5.41) is 9.93. The predicted octanol–water partition coefficient (Wildman–Crippen LogP) is 3.19. The fourth-order valence-electron chi connectivity index (χ4n) is 2.55. The quantitative estimate of drug-likeness (QED) is 0.824. The van der Waals surface area contributed by atoms with Crippen molar-refractivity contribution in [3.63, 3.8) is 0 Å². The smallest absolute Gasteiger partial charge is 0.317 e. The maximum atomic E-state index is 12.5. The summed E-state index contributed by atoms with van der Waals surface area (Å²) in [6.07, 6.45) is 6.67. The Morgan fingerprint density at radius 1 is 1.48 bits per heavy atom. The van der Waals surface area contributed by atoms with Crippen molar-refractivity contribution in [1.82, 2.24) is 25.4 Å². The number of nitrogens with one attached hydrogen (secondary N) is 2. The Morgan fingerprint density at radius 2 is 2.30 bits per heavy atom. The van der Waals surface area contributed by atoms with E-state index in [2.05, 4.69) is 27.4 Å². The Kier molecular flexibility index (Phi) is 6.14. The molecular weight excluding hydrogens is 290 g/mol. The Morgan fingerprint density at radius 3 is 2.91 bits per heavy atom. The number of hydrogen-bond acceptors (Lipinski definition) is 3. The summed E-state index contributed by atoms with van der Waals surface area (Å²) in [5.41, 5.74) is 2.88. The maximum Gasteiger partial charge on any atom is 0.317 e. The highest BCUT2D eigenvalue weighted by atomic mass is 16.2. The summed E-state index contributed by atoms with van der Waals surface area (Å²) in [5.74, 6) is 0. The first-order chi connectivity index (χ1) is 11.1. The molecule has 0 bridgehead atoms. The lowest BCUT2D eigenvalue weighted by Gasteiger charge is -2.28. The number of aromatic amines is 1. The Labute approximate surface area is 137 Å². The SMILES string of the molecule is CCCCC(c1cccnc1)N(C)C(=O)NCc1cc(C)[nH]n1. The van der Waals surface area contributed by atoms with E-state index in [0.717, 1.165) is 36.2 Å². The highest BCUT2D eigenvalue weighted by molar-refractivity contribution is 5.74. The molecule has 0 aliphatic heterocycles. The number of H-pyrrole nitrogens is 1. The summed E-state index contributed by atoms with van der Waals surface area (Å²) in [6, 6.07) is 5.79. The highest BCUT2D eigenvalue weighted by Gasteiger charge is 2.21. The van der Waals surface area contributed by atoms with E-state index >= 15 is 0 Å². The Balaban J connectivity index is 2.00. The van der Waals surface area contributed by atoms with Gasteiger partial charge in [-0.15, -0.1) is 0 Å². The van der Waals surface area contributed by atoms with Crippen LogP contribution in [0.3, 0.4) is 0 Å². The van der Waals surface area contributed by atoms with Gasteiger partial charge in [0, 0.05) is 25.1 Å². The van der Waals surface area contributed by atoms with Gasteiger partial charge < -0.3 is 10.2 Å². The molecule has 124 valence electrons. The van der Waals surface area contributed by atoms with Crippen LogP contribution in [0.1, 0.15) is 49.2 Å². The first kappa shape index (κ1) is 17.0. The van der Waals surface area contributed by atoms with Crippen LogP contribution in [0.5, 0.6) is 0 Å². The lowest BCUT2D eigenvalue weighted by Crippen LogP contribution is -2.39. The molecule has 2 rings (SSSR count). The number of pyridine rings is 1. The summed E-state index contributed by atoms with van der Waals surface area (Å²) >= 11 is 0. The minimum atomic E-state index is -0.101. The maximum absolute atomic E-state index is 12.5. The van der Waals surface area contributed by atoms with Crippen molar-refractivity contribution in [2.24, 2.45) is 0 Å². The minimum Gasteiger partial charge on any atom is -0.332 e. The van der Waals surface area contributed by atoms with Gasteiger partial charge >= 0.3 is 6.03 Å². The minimum absolute atomic E-state index is 0.0320. The molecule has 0 saturated heterocycles. The number of hydrogen-bond donors (Lipinski definition) is 2. The normalized spacial score (nSPS) is 12.0. The summed E-state index contributed by atoms with van der Waals surface area (Å²) in [6.45, 7) is 4.51. The van der Waals surface area contributed by atoms with E-state index in [1.54, 1.807) is 11.1 Å². The van der Waals surface area contributed by atoms with Crippen LogP contribution in [0, 0.1) is 6.92 Å². The van der Waals surface area contributed by atoms with Gasteiger partial charge in [0.05, 0.1) is 18.3 Å². The summed E-state index contributed by atoms with van der Waals surface area (Å²) < 4.78 is 0. The molecule has 2 amide bonds. The fraction of sp³-hybridized carbons (Fsp3) is 0.471. The predicted molar refractivity (Wildman–Crippen MR) is 89.8 cm³/mol. The third-order valence-electron chi connectivity index (χ3n) is 3.87. The molecule has 23 heavy (non-hydrogen) atoms. The highest BCUT2D eigenvalue weighted by Crippen LogP contribution is 2.24. The molecule has 6 heteroatoms. The average molecular weight is 315 g/mol. The zero-order chi connectivity index (χ0) is 16.7. The van der Waals surface area contributed by atoms with Gasteiger partial charge in [-0.1, -0.05) is 25.8 Å². The molecule has 1 unspecified atom stereocenters. The van der Waals surface area contributed by atoms with Crippen molar-refractivity contribution >= 4 is 6.03 Å². The molecule has 6 nitrogen and oxygen atoms in total. The number of unbranched alkanes of at least 4 members (excludes halogenated alkanes) is 1. The van der Waals surface area contributed by atoms with E-state index in [1.807, 2.05) is 38.4 Å². The number of aromatic nitrogens is 3. The molecule has 0 aromatic carbocycles. The molecule has 0 aliphatic rings. The van der Waals surface area contributed by atoms with Crippen molar-refractivity contribution in [2.75, 3.05) is 7.05 Å². The largest absolute Gasteiger partial charge is 0.332 e. The average Bonchev–Trinajstić information content (AvgIpc) is 2.99. The summed E-state index contributed by atoms with van der Waals surface area (Å²) in [4.78, 5) is 18.4. The molecular formula is C17H25N5O. The molecule has 2 N–H and O–H groups in total. The number of aryl methyl sites for hydroxylation is 1. The van der Waals surface area contributed by atoms with Gasteiger partial charge in [-0.25, -0.2) is 4.79 Å². The van der Waals surface area contributed by atoms with E-state index in [9.17, 15) is 4.79 Å². The van der Waals surface area contributed by atoms with E-state index in [0.29, 0.717) is 6.54 Å². The van der Waals surface area contributed by atoms with E-state index in [4.69, 9.17) is 0 Å². The number of rotatable bonds is 7. The number of urea groups is 1. The standard InChI is InChI=1S/C17H25N5O/c1-4-5-8-16(14-7-6-9-18-11-14)22(3)17(23)19-12-15-10-13(2)20-21-15/h6-7,9-11,16H,4-5,8,12H2,1-3H3,(H,19,23)(H,20,21). The van der Waals surface area contributed by atoms with Crippen LogP contribution < -0.4 is 5.32 Å². The van der Waals surface area contributed by atoms with Gasteiger partial charge in [0.2, 0.25) is 0 Å². The van der Waals surface area contributed by atoms with Crippen molar-refractivity contribution in [2.45, 2.75) is 45.7 Å². The number of nitrogens with zero attached hydrogens (tertiary/aromatic N) is 3. The lowest BCUT2D eigenvalue weighted by atomic mass is 10.0. The molecule has 2 aromatic heterocycles. The molecule has 0 saturated carbocycles. The zero-order valence-electron chi connectivity index (χ0n) is 14.0. The number of carbonyl (C=O) groups excluding carboxylic acids is 1. The zero-order valence-corrected chi connectivity index (χ0v) is 14.0. The van der Waals surface area contributed by atoms with Crippen LogP contribution in [-0.2, 0) is 6.54 Å². The van der Waals surface area contributed by atoms with Crippen molar-refractivity contribution in [3.05, 3.63) is 47.5 Å². The van der Waals surface area contributed by atoms with Crippen LogP contribution in [0.4, 0.5) is 4.79 Å². The molecule has 0 aliphatic carbocycles. The van der Waals surface area contributed by atoms with Crippen molar-refractivity contribution in [3.8, 4) is 0 Å². The van der Waals surface area contributed by atoms with Crippen molar-refractivity contribution < 1.29 is 4.79 Å². The Bertz CT molecular complexity index is 610. The van der Waals surface area contributed by atoms with Gasteiger partial charge in [-0.2, -0.15) is 5.10 Å². The van der Waals surface area contributed by atoms with Crippen LogP contribution in [0.25, 0.3) is 0 Å². The number of carbonyl (C=O) groups is 1. The van der Waals surface area contributed by atoms with Gasteiger partial charge in [-0.3, -0.25) is 10.1 Å². The lowest BCUT2D eigenvalue weighted by molar-refractivity contribution is 0.185. The number of amides is 2. The monoisotopic (exact) mass is 315 g/mol. The fourth-order valence-corrected chi connectivity index (χ4v) is 2.55. The second kappa shape index (κ2) is 8.31. The molecule has 2 heterocycles. The van der Waals surface area contributed by atoms with Gasteiger partial charge in [0.1, 0.15) is 0 Å². The van der Waals surface area contributed by atoms with Crippen LogP contribution in [-0.4, -0.2) is 33.2 Å². The van der Waals surface area contributed by atoms with E-state index in [1.165, 1.54) is 0 Å². The van der Waals surface area contributed by atoms with Crippen LogP contribution in [0.15, 0.2) is 30.6 Å². The topological polar surface area (TPSA) is 73.9 Å². The van der Waals surface area contributed by atoms with Crippen LogP contribution >= 0.6 is 0 Å². The molecule has 0 radical (unpaired) electrons. The van der Waals surface area contributed by atoms with Gasteiger partial charge in [0.25, 0.3) is 0 Å². The second-order valence-corrected chi connectivity index (χ2v) is 5.76. The molecule has 0 spiro atoms. The third kappa shape index (κ3) is 4.81. The molecule has 0 fully saturated rings. The molecule has 1 atom stereocenters. The first-order valence-electron chi connectivity index (χ1n) is 8.03. The first-order valence-corrected chi connectivity index (χ1v) is 8.03. The van der Waals surface area contributed by atoms with Crippen molar-refractivity contribution in [1.29, 1.82) is 0 Å². The molecule has 2 aromatic rings.